The number of amides is 1. The third-order valence-electron chi connectivity index (χ3n) is 3.00. The van der Waals surface area contributed by atoms with Crippen molar-refractivity contribution in [1.29, 1.82) is 0 Å². The van der Waals surface area contributed by atoms with Gasteiger partial charge in [-0.2, -0.15) is 0 Å². The van der Waals surface area contributed by atoms with Crippen LogP contribution in [0.3, 0.4) is 0 Å². The van der Waals surface area contributed by atoms with E-state index in [1.54, 1.807) is 19.2 Å². The molecule has 2 rings (SSSR count). The van der Waals surface area contributed by atoms with Crippen LogP contribution in [0.25, 0.3) is 0 Å². The lowest BCUT2D eigenvalue weighted by molar-refractivity contribution is -0.384. The first-order valence-corrected chi connectivity index (χ1v) is 6.19. The number of hydrogen-bond acceptors (Lipinski definition) is 5. The molecule has 1 aromatic carbocycles. The first kappa shape index (κ1) is 14.4. The second-order valence-corrected chi connectivity index (χ2v) is 4.49. The molecule has 0 aliphatic heterocycles. The fourth-order valence-electron chi connectivity index (χ4n) is 1.76. The van der Waals surface area contributed by atoms with Crippen molar-refractivity contribution >= 4 is 23.0 Å². The number of likely N-dealkylation sites (N-methyl/N-ethyl adjacent to an activating group) is 1. The van der Waals surface area contributed by atoms with E-state index in [9.17, 15) is 14.9 Å². The van der Waals surface area contributed by atoms with Gasteiger partial charge in [0.05, 0.1) is 23.2 Å². The van der Waals surface area contributed by atoms with E-state index in [1.807, 2.05) is 0 Å². The van der Waals surface area contributed by atoms with Crippen LogP contribution in [0, 0.1) is 10.1 Å². The average Bonchev–Trinajstić information content (AvgIpc) is 2.49. The SMILES string of the molecule is CN(C(=O)Cc1ccc(N)cn1)c1ccc([N+](=O)[O-])cc1. The summed E-state index contributed by atoms with van der Waals surface area (Å²) in [6.07, 6.45) is 1.63. The van der Waals surface area contributed by atoms with Crippen molar-refractivity contribution in [2.75, 3.05) is 17.7 Å². The summed E-state index contributed by atoms with van der Waals surface area (Å²) in [6.45, 7) is 0. The summed E-state index contributed by atoms with van der Waals surface area (Å²) in [6, 6.07) is 9.17. The van der Waals surface area contributed by atoms with Gasteiger partial charge in [-0.15, -0.1) is 0 Å². The van der Waals surface area contributed by atoms with Gasteiger partial charge in [0.2, 0.25) is 5.91 Å². The Balaban J connectivity index is 2.08. The summed E-state index contributed by atoms with van der Waals surface area (Å²) in [4.78, 5) is 27.7. The van der Waals surface area contributed by atoms with Crippen LogP contribution in [-0.4, -0.2) is 22.9 Å². The molecule has 2 N–H and O–H groups in total. The second-order valence-electron chi connectivity index (χ2n) is 4.49. The largest absolute Gasteiger partial charge is 0.397 e. The van der Waals surface area contributed by atoms with Crippen molar-refractivity contribution in [3.8, 4) is 0 Å². The zero-order valence-corrected chi connectivity index (χ0v) is 11.4. The van der Waals surface area contributed by atoms with Gasteiger partial charge in [-0.1, -0.05) is 0 Å². The summed E-state index contributed by atoms with van der Waals surface area (Å²) >= 11 is 0. The van der Waals surface area contributed by atoms with Crippen LogP contribution < -0.4 is 10.6 Å². The maximum Gasteiger partial charge on any atom is 0.269 e. The van der Waals surface area contributed by atoms with Crippen LogP contribution in [0.15, 0.2) is 42.6 Å². The molecule has 108 valence electrons. The molecular weight excluding hydrogens is 272 g/mol. The number of carbonyl (C=O) groups is 1. The van der Waals surface area contributed by atoms with Gasteiger partial charge in [-0.3, -0.25) is 19.9 Å². The van der Waals surface area contributed by atoms with Gasteiger partial charge in [0.15, 0.2) is 0 Å². The van der Waals surface area contributed by atoms with Gasteiger partial charge in [-0.05, 0) is 24.3 Å². The monoisotopic (exact) mass is 286 g/mol. The van der Waals surface area contributed by atoms with Crippen LogP contribution in [0.1, 0.15) is 5.69 Å². The number of nitro groups is 1. The van der Waals surface area contributed by atoms with E-state index in [4.69, 9.17) is 5.73 Å². The van der Waals surface area contributed by atoms with E-state index in [0.29, 0.717) is 17.1 Å². The van der Waals surface area contributed by atoms with E-state index >= 15 is 0 Å². The Kier molecular flexibility index (Phi) is 4.13. The molecule has 0 atom stereocenters. The molecule has 0 unspecified atom stereocenters. The van der Waals surface area contributed by atoms with E-state index < -0.39 is 4.92 Å². The normalized spacial score (nSPS) is 10.1. The number of non-ortho nitro benzene ring substituents is 1. The van der Waals surface area contributed by atoms with Crippen LogP contribution in [0.5, 0.6) is 0 Å². The molecule has 1 aromatic heterocycles. The molecule has 0 radical (unpaired) electrons. The van der Waals surface area contributed by atoms with Crippen molar-refractivity contribution < 1.29 is 9.72 Å². The first-order valence-electron chi connectivity index (χ1n) is 6.19. The molecule has 0 aliphatic carbocycles. The molecule has 7 heteroatoms. The minimum atomic E-state index is -0.482. The maximum absolute atomic E-state index is 12.1. The number of hydrogen-bond donors (Lipinski definition) is 1. The topological polar surface area (TPSA) is 102 Å². The zero-order chi connectivity index (χ0) is 15.4. The fourth-order valence-corrected chi connectivity index (χ4v) is 1.76. The lowest BCUT2D eigenvalue weighted by Gasteiger charge is -2.17. The molecule has 0 bridgehead atoms. The molecule has 1 heterocycles. The van der Waals surface area contributed by atoms with Crippen LogP contribution >= 0.6 is 0 Å². The minimum absolute atomic E-state index is 0.0141. The summed E-state index contributed by atoms with van der Waals surface area (Å²) in [5.74, 6) is -0.166. The van der Waals surface area contributed by atoms with Gasteiger partial charge in [0.25, 0.3) is 5.69 Å². The Morgan fingerprint density at radius 2 is 1.95 bits per heavy atom. The summed E-state index contributed by atoms with van der Waals surface area (Å²) in [7, 11) is 1.61. The standard InChI is InChI=1S/C14H14N4O3/c1-17(12-4-6-13(7-5-12)18(20)21)14(19)8-11-3-2-10(15)9-16-11/h2-7,9H,8,15H2,1H3. The molecule has 21 heavy (non-hydrogen) atoms. The Labute approximate surface area is 121 Å². The molecule has 1 amide bonds. The summed E-state index contributed by atoms with van der Waals surface area (Å²) in [5.41, 5.74) is 7.26. The highest BCUT2D eigenvalue weighted by Crippen LogP contribution is 2.19. The highest BCUT2D eigenvalue weighted by molar-refractivity contribution is 5.94. The van der Waals surface area contributed by atoms with Gasteiger partial charge in [0, 0.05) is 30.6 Å². The van der Waals surface area contributed by atoms with E-state index in [1.165, 1.54) is 35.4 Å². The highest BCUT2D eigenvalue weighted by atomic mass is 16.6. The Morgan fingerprint density at radius 3 is 2.48 bits per heavy atom. The number of nitrogens with zero attached hydrogens (tertiary/aromatic N) is 3. The molecule has 0 fully saturated rings. The Morgan fingerprint density at radius 1 is 1.29 bits per heavy atom. The molecule has 0 aliphatic rings. The number of anilines is 2. The summed E-state index contributed by atoms with van der Waals surface area (Å²) in [5, 5.41) is 10.6. The fraction of sp³-hybridized carbons (Fsp3) is 0.143. The lowest BCUT2D eigenvalue weighted by atomic mass is 10.2. The van der Waals surface area contributed by atoms with E-state index in [-0.39, 0.29) is 18.0 Å². The lowest BCUT2D eigenvalue weighted by Crippen LogP contribution is -2.28. The molecule has 0 saturated heterocycles. The predicted octanol–water partition coefficient (Wildman–Crippen LogP) is 1.78. The van der Waals surface area contributed by atoms with Crippen LogP contribution in [0.4, 0.5) is 17.1 Å². The smallest absolute Gasteiger partial charge is 0.269 e. The van der Waals surface area contributed by atoms with Crippen LogP contribution in [-0.2, 0) is 11.2 Å². The highest BCUT2D eigenvalue weighted by Gasteiger charge is 2.13. The number of rotatable bonds is 4. The number of benzene rings is 1. The minimum Gasteiger partial charge on any atom is -0.397 e. The first-order chi connectivity index (χ1) is 9.97. The average molecular weight is 286 g/mol. The molecule has 0 spiro atoms. The zero-order valence-electron chi connectivity index (χ0n) is 11.4. The molecular formula is C14H14N4O3. The number of nitro benzene ring substituents is 1. The van der Waals surface area contributed by atoms with Crippen molar-refractivity contribution in [3.05, 3.63) is 58.4 Å². The Hall–Kier alpha value is -2.96. The van der Waals surface area contributed by atoms with E-state index in [2.05, 4.69) is 4.98 Å². The summed E-state index contributed by atoms with van der Waals surface area (Å²) < 4.78 is 0. The number of nitrogens with two attached hydrogens (primary N) is 1. The van der Waals surface area contributed by atoms with Crippen molar-refractivity contribution in [1.82, 2.24) is 4.98 Å². The van der Waals surface area contributed by atoms with Crippen molar-refractivity contribution in [2.45, 2.75) is 6.42 Å². The van der Waals surface area contributed by atoms with Gasteiger partial charge < -0.3 is 10.6 Å². The predicted molar refractivity (Wildman–Crippen MR) is 78.9 cm³/mol. The van der Waals surface area contributed by atoms with Gasteiger partial charge in [0.1, 0.15) is 0 Å². The van der Waals surface area contributed by atoms with Crippen molar-refractivity contribution in [2.24, 2.45) is 0 Å². The number of nitrogen functional groups attached to an aromatic ring is 1. The van der Waals surface area contributed by atoms with E-state index in [0.717, 1.165) is 0 Å². The van der Waals surface area contributed by atoms with Gasteiger partial charge in [-0.25, -0.2) is 0 Å². The van der Waals surface area contributed by atoms with Crippen LogP contribution in [0.2, 0.25) is 0 Å². The third-order valence-corrected chi connectivity index (χ3v) is 3.00. The molecule has 2 aromatic rings. The maximum atomic E-state index is 12.1. The van der Waals surface area contributed by atoms with Gasteiger partial charge >= 0.3 is 0 Å². The van der Waals surface area contributed by atoms with Crippen molar-refractivity contribution in [3.63, 3.8) is 0 Å². The quantitative estimate of drug-likeness (QED) is 0.681. The third kappa shape index (κ3) is 3.53. The second kappa shape index (κ2) is 6.00. The number of aromatic nitrogens is 1. The molecule has 0 saturated carbocycles. The Bertz CT molecular complexity index is 653. The molecule has 7 nitrogen and oxygen atoms in total. The number of carbonyl (C=O) groups excluding carboxylic acids is 1. The number of pyridine rings is 1.